The number of rotatable bonds is 10. The summed E-state index contributed by atoms with van der Waals surface area (Å²) in [6.07, 6.45) is 0. The average Bonchev–Trinajstić information content (AvgIpc) is 2.51. The Morgan fingerprint density at radius 1 is 1.29 bits per heavy atom. The lowest BCUT2D eigenvalue weighted by Gasteiger charge is -2.25. The van der Waals surface area contributed by atoms with Crippen LogP contribution < -0.4 is 10.1 Å². The number of nitrogens with zero attached hydrogens (tertiary/aromatic N) is 1. The van der Waals surface area contributed by atoms with Crippen molar-refractivity contribution in [2.24, 2.45) is 0 Å². The number of sulfonamides is 1. The molecule has 0 aliphatic heterocycles. The highest BCUT2D eigenvalue weighted by Crippen LogP contribution is 2.11. The first-order valence-corrected chi connectivity index (χ1v) is 8.99. The van der Waals surface area contributed by atoms with Crippen LogP contribution in [-0.2, 0) is 19.6 Å². The highest BCUT2D eigenvalue weighted by Gasteiger charge is 2.31. The maximum atomic E-state index is 12.4. The Morgan fingerprint density at radius 2 is 1.92 bits per heavy atom. The summed E-state index contributed by atoms with van der Waals surface area (Å²) in [5.41, 5.74) is 0. The van der Waals surface area contributed by atoms with Crippen LogP contribution in [0, 0.1) is 0 Å². The maximum absolute atomic E-state index is 12.4. The Hall–Kier alpha value is -2.13. The maximum Gasteiger partial charge on any atom is 0.321 e. The van der Waals surface area contributed by atoms with Crippen molar-refractivity contribution in [3.63, 3.8) is 0 Å². The van der Waals surface area contributed by atoms with E-state index in [0.29, 0.717) is 5.75 Å². The largest absolute Gasteiger partial charge is 0.492 e. The molecule has 0 saturated carbocycles. The molecule has 0 heterocycles. The summed E-state index contributed by atoms with van der Waals surface area (Å²) in [5, 5.41) is 11.6. The van der Waals surface area contributed by atoms with Gasteiger partial charge >= 0.3 is 5.97 Å². The Bertz CT molecular complexity index is 647. The zero-order chi connectivity index (χ0) is 18.2. The van der Waals surface area contributed by atoms with Crippen LogP contribution >= 0.6 is 0 Å². The summed E-state index contributed by atoms with van der Waals surface area (Å²) in [7, 11) is -3.86. The van der Waals surface area contributed by atoms with Crippen molar-refractivity contribution in [2.45, 2.75) is 19.9 Å². The smallest absolute Gasteiger partial charge is 0.321 e. The number of amides is 1. The number of benzene rings is 1. The third kappa shape index (κ3) is 6.55. The second kappa shape index (κ2) is 9.24. The molecule has 134 valence electrons. The number of carbonyl (C=O) groups is 2. The van der Waals surface area contributed by atoms with Crippen LogP contribution in [0.5, 0.6) is 5.75 Å². The fourth-order valence-electron chi connectivity index (χ4n) is 1.94. The Balaban J connectivity index is 2.70. The molecule has 1 unspecified atom stereocenters. The molecule has 1 rings (SSSR count). The van der Waals surface area contributed by atoms with Gasteiger partial charge in [-0.2, -0.15) is 4.31 Å². The van der Waals surface area contributed by atoms with Gasteiger partial charge in [0.1, 0.15) is 18.4 Å². The van der Waals surface area contributed by atoms with Gasteiger partial charge in [-0.25, -0.2) is 8.42 Å². The molecule has 2 N–H and O–H groups in total. The van der Waals surface area contributed by atoms with Crippen molar-refractivity contribution in [2.75, 3.05) is 25.4 Å². The van der Waals surface area contributed by atoms with Gasteiger partial charge in [-0.15, -0.1) is 0 Å². The lowest BCUT2D eigenvalue weighted by atomic mass is 10.3. The summed E-state index contributed by atoms with van der Waals surface area (Å²) in [4.78, 5) is 22.0. The third-order valence-corrected chi connectivity index (χ3v) is 5.10. The van der Waals surface area contributed by atoms with E-state index in [-0.39, 0.29) is 31.4 Å². The monoisotopic (exact) mass is 358 g/mol. The van der Waals surface area contributed by atoms with Crippen LogP contribution in [-0.4, -0.2) is 61.2 Å². The molecule has 0 aliphatic rings. The summed E-state index contributed by atoms with van der Waals surface area (Å²) in [6.45, 7) is 2.39. The summed E-state index contributed by atoms with van der Waals surface area (Å²) < 4.78 is 31.0. The van der Waals surface area contributed by atoms with E-state index in [2.05, 4.69) is 5.32 Å². The van der Waals surface area contributed by atoms with E-state index in [9.17, 15) is 18.0 Å². The minimum absolute atomic E-state index is 0.0335. The molecule has 0 bridgehead atoms. The number of carboxylic acid groups (broad SMARTS) is 1. The molecule has 1 aromatic carbocycles. The minimum atomic E-state index is -3.86. The molecule has 0 fully saturated rings. The van der Waals surface area contributed by atoms with Crippen molar-refractivity contribution in [3.05, 3.63) is 30.3 Å². The van der Waals surface area contributed by atoms with Gasteiger partial charge < -0.3 is 15.2 Å². The van der Waals surface area contributed by atoms with E-state index in [1.165, 1.54) is 13.8 Å². The molecule has 1 atom stereocenters. The van der Waals surface area contributed by atoms with Gasteiger partial charge in [0.2, 0.25) is 15.9 Å². The van der Waals surface area contributed by atoms with Gasteiger partial charge in [0, 0.05) is 20.0 Å². The Kier molecular flexibility index (Phi) is 7.66. The summed E-state index contributed by atoms with van der Waals surface area (Å²) in [5.74, 6) is -1.41. The number of para-hydroxylation sites is 1. The molecule has 24 heavy (non-hydrogen) atoms. The zero-order valence-corrected chi connectivity index (χ0v) is 14.5. The number of ether oxygens (including phenoxy) is 1. The van der Waals surface area contributed by atoms with Crippen LogP contribution in [0.15, 0.2) is 30.3 Å². The van der Waals surface area contributed by atoms with Crippen LogP contribution in [0.3, 0.4) is 0 Å². The van der Waals surface area contributed by atoms with Gasteiger partial charge in [0.05, 0.1) is 5.75 Å². The molecule has 0 spiro atoms. The zero-order valence-electron chi connectivity index (χ0n) is 13.6. The van der Waals surface area contributed by atoms with Crippen LogP contribution in [0.25, 0.3) is 0 Å². The van der Waals surface area contributed by atoms with E-state index in [1.807, 2.05) is 6.07 Å². The molecule has 1 aromatic rings. The van der Waals surface area contributed by atoms with Crippen molar-refractivity contribution in [1.82, 2.24) is 9.62 Å². The van der Waals surface area contributed by atoms with Crippen LogP contribution in [0.4, 0.5) is 0 Å². The minimum Gasteiger partial charge on any atom is -0.492 e. The first kappa shape index (κ1) is 19.9. The first-order chi connectivity index (χ1) is 11.2. The molecule has 0 radical (unpaired) electrons. The second-order valence-electron chi connectivity index (χ2n) is 5.09. The molecule has 1 amide bonds. The van der Waals surface area contributed by atoms with Crippen molar-refractivity contribution < 1.29 is 27.9 Å². The Labute approximate surface area is 141 Å². The molecular formula is C15H22N2O6S. The number of aliphatic carboxylic acids is 1. The number of carboxylic acids is 1. The average molecular weight is 358 g/mol. The SMILES string of the molecule is CC(=O)NCCN(C(C)C(=O)O)S(=O)(=O)CCOc1ccccc1. The number of carbonyl (C=O) groups excluding carboxylic acids is 1. The lowest BCUT2D eigenvalue weighted by Crippen LogP contribution is -2.48. The van der Waals surface area contributed by atoms with Gasteiger partial charge in [-0.1, -0.05) is 18.2 Å². The highest BCUT2D eigenvalue weighted by atomic mass is 32.2. The van der Waals surface area contributed by atoms with Crippen LogP contribution in [0.1, 0.15) is 13.8 Å². The molecule has 9 heteroatoms. The van der Waals surface area contributed by atoms with Gasteiger partial charge in [0.15, 0.2) is 0 Å². The van der Waals surface area contributed by atoms with Crippen LogP contribution in [0.2, 0.25) is 0 Å². The Morgan fingerprint density at radius 3 is 2.46 bits per heavy atom. The molecule has 0 saturated heterocycles. The standard InChI is InChI=1S/C15H22N2O6S/c1-12(15(19)20)17(9-8-16-13(2)18)24(21,22)11-10-23-14-6-4-3-5-7-14/h3-7,12H,8-11H2,1-2H3,(H,16,18)(H,19,20). The number of hydrogen-bond donors (Lipinski definition) is 2. The van der Waals surface area contributed by atoms with Crippen molar-refractivity contribution in [1.29, 1.82) is 0 Å². The van der Waals surface area contributed by atoms with E-state index in [0.717, 1.165) is 4.31 Å². The van der Waals surface area contributed by atoms with Gasteiger partial charge in [0.25, 0.3) is 0 Å². The molecular weight excluding hydrogens is 336 g/mol. The van der Waals surface area contributed by atoms with Gasteiger partial charge in [-0.3, -0.25) is 9.59 Å². The number of hydrogen-bond acceptors (Lipinski definition) is 5. The first-order valence-electron chi connectivity index (χ1n) is 7.38. The molecule has 8 nitrogen and oxygen atoms in total. The highest BCUT2D eigenvalue weighted by molar-refractivity contribution is 7.89. The molecule has 0 aliphatic carbocycles. The fourth-order valence-corrected chi connectivity index (χ4v) is 3.41. The fraction of sp³-hybridized carbons (Fsp3) is 0.467. The second-order valence-corrected chi connectivity index (χ2v) is 7.13. The lowest BCUT2D eigenvalue weighted by molar-refractivity contribution is -0.140. The quantitative estimate of drug-likeness (QED) is 0.622. The van der Waals surface area contributed by atoms with E-state index >= 15 is 0 Å². The van der Waals surface area contributed by atoms with Crippen molar-refractivity contribution >= 4 is 21.9 Å². The molecule has 0 aromatic heterocycles. The van der Waals surface area contributed by atoms with E-state index in [4.69, 9.17) is 9.84 Å². The topological polar surface area (TPSA) is 113 Å². The van der Waals surface area contributed by atoms with Gasteiger partial charge in [-0.05, 0) is 19.1 Å². The summed E-state index contributed by atoms with van der Waals surface area (Å²) in [6, 6.07) is 7.48. The normalized spacial score (nSPS) is 12.6. The van der Waals surface area contributed by atoms with E-state index in [1.54, 1.807) is 24.3 Å². The van der Waals surface area contributed by atoms with Crippen molar-refractivity contribution in [3.8, 4) is 5.75 Å². The predicted octanol–water partition coefficient (Wildman–Crippen LogP) is 0.306. The predicted molar refractivity (Wildman–Crippen MR) is 88.2 cm³/mol. The van der Waals surface area contributed by atoms with E-state index < -0.39 is 22.0 Å². The third-order valence-electron chi connectivity index (χ3n) is 3.21. The summed E-state index contributed by atoms with van der Waals surface area (Å²) >= 11 is 0. The number of nitrogens with one attached hydrogen (secondary N) is 1.